The van der Waals surface area contributed by atoms with E-state index in [1.54, 1.807) is 4.31 Å². The van der Waals surface area contributed by atoms with Crippen molar-refractivity contribution < 1.29 is 8.42 Å². The third-order valence-corrected chi connectivity index (χ3v) is 7.23. The Morgan fingerprint density at radius 2 is 2.05 bits per heavy atom. The maximum Gasteiger partial charge on any atom is 0.218 e. The third-order valence-electron chi connectivity index (χ3n) is 4.81. The third kappa shape index (κ3) is 2.96. The molecule has 2 heterocycles. The predicted octanol–water partition coefficient (Wildman–Crippen LogP) is 0.470. The van der Waals surface area contributed by atoms with E-state index in [9.17, 15) is 8.42 Å². The van der Waals surface area contributed by atoms with Crippen LogP contribution >= 0.6 is 0 Å². The summed E-state index contributed by atoms with van der Waals surface area (Å²) in [4.78, 5) is 2.40. The molecule has 0 bridgehead atoms. The van der Waals surface area contributed by atoms with Crippen LogP contribution in [0.3, 0.4) is 0 Å². The molecule has 2 aliphatic rings. The van der Waals surface area contributed by atoms with Gasteiger partial charge in [0, 0.05) is 25.7 Å². The van der Waals surface area contributed by atoms with E-state index in [0.29, 0.717) is 31.5 Å². The molecule has 3 atom stereocenters. The van der Waals surface area contributed by atoms with Crippen molar-refractivity contribution in [2.24, 2.45) is 11.7 Å². The number of likely N-dealkylation sites (tertiary alicyclic amines) is 1. The average Bonchev–Trinajstić information content (AvgIpc) is 2.39. The molecule has 112 valence electrons. The molecule has 19 heavy (non-hydrogen) atoms. The van der Waals surface area contributed by atoms with Crippen LogP contribution in [0.2, 0.25) is 0 Å². The molecule has 0 aromatic rings. The SMILES string of the molecule is CCC(CN)S(=O)(=O)N1CCC2C(CCCN2C)C1. The van der Waals surface area contributed by atoms with Crippen LogP contribution in [-0.2, 0) is 10.0 Å². The predicted molar refractivity (Wildman–Crippen MR) is 77.4 cm³/mol. The zero-order chi connectivity index (χ0) is 14.0. The first-order valence-electron chi connectivity index (χ1n) is 7.40. The highest BCUT2D eigenvalue weighted by molar-refractivity contribution is 7.89. The van der Waals surface area contributed by atoms with E-state index in [0.717, 1.165) is 19.4 Å². The van der Waals surface area contributed by atoms with Gasteiger partial charge in [-0.2, -0.15) is 0 Å². The van der Waals surface area contributed by atoms with E-state index in [-0.39, 0.29) is 6.54 Å². The minimum atomic E-state index is -3.20. The van der Waals surface area contributed by atoms with E-state index < -0.39 is 15.3 Å². The molecule has 6 heteroatoms. The highest BCUT2D eigenvalue weighted by Gasteiger charge is 2.39. The fourth-order valence-electron chi connectivity index (χ4n) is 3.56. The van der Waals surface area contributed by atoms with Gasteiger partial charge in [0.05, 0.1) is 5.25 Å². The normalized spacial score (nSPS) is 31.9. The molecule has 0 aromatic carbocycles. The van der Waals surface area contributed by atoms with Crippen LogP contribution in [0, 0.1) is 5.92 Å². The first-order chi connectivity index (χ1) is 9.00. The zero-order valence-electron chi connectivity index (χ0n) is 12.1. The fourth-order valence-corrected chi connectivity index (χ4v) is 5.41. The van der Waals surface area contributed by atoms with Crippen molar-refractivity contribution in [1.29, 1.82) is 0 Å². The van der Waals surface area contributed by atoms with Crippen molar-refractivity contribution in [2.45, 2.75) is 43.9 Å². The van der Waals surface area contributed by atoms with Crippen LogP contribution < -0.4 is 5.73 Å². The molecular weight excluding hydrogens is 262 g/mol. The first kappa shape index (κ1) is 15.2. The summed E-state index contributed by atoms with van der Waals surface area (Å²) in [5.41, 5.74) is 5.62. The quantitative estimate of drug-likeness (QED) is 0.817. The summed E-state index contributed by atoms with van der Waals surface area (Å²) in [5, 5.41) is -0.412. The lowest BCUT2D eigenvalue weighted by Crippen LogP contribution is -2.55. The van der Waals surface area contributed by atoms with Gasteiger partial charge in [0.1, 0.15) is 0 Å². The van der Waals surface area contributed by atoms with Gasteiger partial charge < -0.3 is 10.6 Å². The van der Waals surface area contributed by atoms with Gasteiger partial charge in [-0.3, -0.25) is 0 Å². The van der Waals surface area contributed by atoms with Crippen molar-refractivity contribution in [3.05, 3.63) is 0 Å². The Labute approximate surface area is 117 Å². The van der Waals surface area contributed by atoms with Crippen LogP contribution in [0.5, 0.6) is 0 Å². The second kappa shape index (κ2) is 6.08. The standard InChI is InChI=1S/C13H27N3O2S/c1-3-12(9-14)19(17,18)16-8-6-13-11(10-16)5-4-7-15(13)2/h11-13H,3-10,14H2,1-2H3. The molecule has 2 saturated heterocycles. The van der Waals surface area contributed by atoms with E-state index in [1.165, 1.54) is 6.42 Å². The van der Waals surface area contributed by atoms with Gasteiger partial charge >= 0.3 is 0 Å². The number of nitrogens with zero attached hydrogens (tertiary/aromatic N) is 2. The van der Waals surface area contributed by atoms with Crippen molar-refractivity contribution in [3.63, 3.8) is 0 Å². The van der Waals surface area contributed by atoms with E-state index in [2.05, 4.69) is 11.9 Å². The van der Waals surface area contributed by atoms with Crippen LogP contribution in [0.4, 0.5) is 0 Å². The summed E-state index contributed by atoms with van der Waals surface area (Å²) >= 11 is 0. The van der Waals surface area contributed by atoms with Gasteiger partial charge in [-0.1, -0.05) is 6.92 Å². The fraction of sp³-hybridized carbons (Fsp3) is 1.00. The maximum absolute atomic E-state index is 12.5. The highest BCUT2D eigenvalue weighted by atomic mass is 32.2. The van der Waals surface area contributed by atoms with E-state index in [1.807, 2.05) is 6.92 Å². The molecule has 0 aromatic heterocycles. The monoisotopic (exact) mass is 289 g/mol. The Hall–Kier alpha value is -0.170. The van der Waals surface area contributed by atoms with Gasteiger partial charge in [0.2, 0.25) is 10.0 Å². The molecule has 0 radical (unpaired) electrons. The smallest absolute Gasteiger partial charge is 0.218 e. The van der Waals surface area contributed by atoms with E-state index in [4.69, 9.17) is 5.73 Å². The lowest BCUT2D eigenvalue weighted by Gasteiger charge is -2.46. The number of hydrogen-bond donors (Lipinski definition) is 1. The molecule has 2 rings (SSSR count). The first-order valence-corrected chi connectivity index (χ1v) is 8.90. The largest absolute Gasteiger partial charge is 0.329 e. The molecule has 0 saturated carbocycles. The Kier molecular flexibility index (Phi) is 4.87. The van der Waals surface area contributed by atoms with Crippen LogP contribution in [-0.4, -0.2) is 62.1 Å². The van der Waals surface area contributed by atoms with Crippen LogP contribution in [0.25, 0.3) is 0 Å². The lowest BCUT2D eigenvalue weighted by molar-refractivity contribution is 0.0668. The van der Waals surface area contributed by atoms with Crippen molar-refractivity contribution in [1.82, 2.24) is 9.21 Å². The van der Waals surface area contributed by atoms with Crippen molar-refractivity contribution in [3.8, 4) is 0 Å². The maximum atomic E-state index is 12.5. The highest BCUT2D eigenvalue weighted by Crippen LogP contribution is 2.31. The van der Waals surface area contributed by atoms with Crippen LogP contribution in [0.15, 0.2) is 0 Å². The summed E-state index contributed by atoms with van der Waals surface area (Å²) in [7, 11) is -1.04. The second-order valence-corrected chi connectivity index (χ2v) is 8.12. The molecule has 5 nitrogen and oxygen atoms in total. The molecule has 0 aliphatic carbocycles. The molecular formula is C13H27N3O2S. The van der Waals surface area contributed by atoms with E-state index >= 15 is 0 Å². The summed E-state index contributed by atoms with van der Waals surface area (Å²) in [6, 6.07) is 0.568. The van der Waals surface area contributed by atoms with Gasteiger partial charge in [-0.05, 0) is 45.2 Å². The minimum absolute atomic E-state index is 0.226. The molecule has 0 spiro atoms. The van der Waals surface area contributed by atoms with Crippen LogP contribution in [0.1, 0.15) is 32.6 Å². The Balaban J connectivity index is 2.08. The number of sulfonamides is 1. The Morgan fingerprint density at radius 3 is 2.68 bits per heavy atom. The number of piperidine rings is 2. The molecule has 2 aliphatic heterocycles. The topological polar surface area (TPSA) is 66.6 Å². The lowest BCUT2D eigenvalue weighted by atomic mass is 9.85. The minimum Gasteiger partial charge on any atom is -0.329 e. The molecule has 2 fully saturated rings. The number of fused-ring (bicyclic) bond motifs is 1. The molecule has 3 unspecified atom stereocenters. The zero-order valence-corrected chi connectivity index (χ0v) is 12.9. The Bertz CT molecular complexity index is 395. The summed E-state index contributed by atoms with van der Waals surface area (Å²) in [6.45, 7) is 4.62. The van der Waals surface area contributed by atoms with Crippen molar-refractivity contribution >= 4 is 10.0 Å². The van der Waals surface area contributed by atoms with Gasteiger partial charge in [-0.25, -0.2) is 12.7 Å². The molecule has 0 amide bonds. The van der Waals surface area contributed by atoms with Gasteiger partial charge in [0.15, 0.2) is 0 Å². The number of nitrogens with two attached hydrogens (primary N) is 1. The number of rotatable bonds is 4. The Morgan fingerprint density at radius 1 is 1.32 bits per heavy atom. The summed E-state index contributed by atoms with van der Waals surface area (Å²) in [5.74, 6) is 0.498. The average molecular weight is 289 g/mol. The second-order valence-electron chi connectivity index (χ2n) is 5.91. The molecule has 2 N–H and O–H groups in total. The summed E-state index contributed by atoms with van der Waals surface area (Å²) < 4.78 is 26.8. The van der Waals surface area contributed by atoms with Crippen molar-refractivity contribution in [2.75, 3.05) is 33.2 Å². The van der Waals surface area contributed by atoms with Gasteiger partial charge in [0.25, 0.3) is 0 Å². The van der Waals surface area contributed by atoms with Gasteiger partial charge in [-0.15, -0.1) is 0 Å². The summed E-state index contributed by atoms with van der Waals surface area (Å²) in [6.07, 6.45) is 3.89. The number of hydrogen-bond acceptors (Lipinski definition) is 4.